The van der Waals surface area contributed by atoms with Crippen LogP contribution in [0.2, 0.25) is 0 Å². The van der Waals surface area contributed by atoms with Crippen molar-refractivity contribution in [3.8, 4) is 0 Å². The topological polar surface area (TPSA) is 45.2 Å². The van der Waals surface area contributed by atoms with Gasteiger partial charge >= 0.3 is 0 Å². The van der Waals surface area contributed by atoms with Crippen LogP contribution in [0.25, 0.3) is 0 Å². The second-order valence-electron chi connectivity index (χ2n) is 5.31. The van der Waals surface area contributed by atoms with Gasteiger partial charge in [-0.2, -0.15) is 4.39 Å². The molecule has 1 aromatic heterocycles. The molecule has 0 aromatic carbocycles. The molecule has 0 unspecified atom stereocenters. The molecule has 4 nitrogen and oxygen atoms in total. The number of halogens is 1. The van der Waals surface area contributed by atoms with E-state index in [0.29, 0.717) is 5.56 Å². The Labute approximate surface area is 119 Å². The third-order valence-corrected chi connectivity index (χ3v) is 3.74. The maximum absolute atomic E-state index is 13.0. The van der Waals surface area contributed by atoms with E-state index in [0.717, 1.165) is 32.5 Å². The van der Waals surface area contributed by atoms with Crippen molar-refractivity contribution in [1.82, 2.24) is 15.2 Å². The number of hydrogen-bond acceptors (Lipinski definition) is 3. The van der Waals surface area contributed by atoms with Crippen LogP contribution in [0.15, 0.2) is 18.3 Å². The number of aromatic nitrogens is 1. The molecule has 1 amide bonds. The first-order valence-electron chi connectivity index (χ1n) is 7.34. The van der Waals surface area contributed by atoms with Crippen molar-refractivity contribution >= 4 is 5.91 Å². The van der Waals surface area contributed by atoms with Crippen LogP contribution in [-0.2, 0) is 0 Å². The van der Waals surface area contributed by atoms with Gasteiger partial charge in [-0.25, -0.2) is 4.98 Å². The molecule has 5 heteroatoms. The molecular formula is C15H22FN3O. The fourth-order valence-corrected chi connectivity index (χ4v) is 2.50. The Balaban J connectivity index is 1.79. The maximum atomic E-state index is 13.0. The van der Waals surface area contributed by atoms with Crippen LogP contribution in [0.1, 0.15) is 43.0 Å². The molecule has 1 fully saturated rings. The maximum Gasteiger partial charge on any atom is 0.251 e. The van der Waals surface area contributed by atoms with E-state index >= 15 is 0 Å². The van der Waals surface area contributed by atoms with E-state index in [1.807, 2.05) is 0 Å². The van der Waals surface area contributed by atoms with Crippen molar-refractivity contribution < 1.29 is 9.18 Å². The summed E-state index contributed by atoms with van der Waals surface area (Å²) in [4.78, 5) is 17.9. The van der Waals surface area contributed by atoms with Crippen molar-refractivity contribution in [2.45, 2.75) is 38.6 Å². The number of nitrogens with zero attached hydrogens (tertiary/aromatic N) is 2. The Bertz CT molecular complexity index is 444. The summed E-state index contributed by atoms with van der Waals surface area (Å²) in [7, 11) is 0. The smallest absolute Gasteiger partial charge is 0.251 e. The van der Waals surface area contributed by atoms with Crippen molar-refractivity contribution in [2.24, 2.45) is 0 Å². The van der Waals surface area contributed by atoms with Gasteiger partial charge in [-0.3, -0.25) is 4.79 Å². The van der Waals surface area contributed by atoms with Crippen molar-refractivity contribution in [3.05, 3.63) is 29.8 Å². The second-order valence-corrected chi connectivity index (χ2v) is 5.31. The average molecular weight is 279 g/mol. The largest absolute Gasteiger partial charge is 0.349 e. The predicted octanol–water partition coefficient (Wildman–Crippen LogP) is 2.21. The third kappa shape index (κ3) is 4.27. The van der Waals surface area contributed by atoms with E-state index in [4.69, 9.17) is 0 Å². The molecule has 0 bridgehead atoms. The fraction of sp³-hybridized carbons (Fsp3) is 0.600. The van der Waals surface area contributed by atoms with Crippen molar-refractivity contribution in [1.29, 1.82) is 0 Å². The van der Waals surface area contributed by atoms with Crippen LogP contribution in [0.5, 0.6) is 0 Å². The van der Waals surface area contributed by atoms with Gasteiger partial charge in [0.2, 0.25) is 5.95 Å². The Kier molecular flexibility index (Phi) is 5.47. The molecule has 0 atom stereocenters. The summed E-state index contributed by atoms with van der Waals surface area (Å²) >= 11 is 0. The lowest BCUT2D eigenvalue weighted by atomic mass is 10.0. The van der Waals surface area contributed by atoms with E-state index in [-0.39, 0.29) is 11.9 Å². The zero-order valence-electron chi connectivity index (χ0n) is 11.9. The summed E-state index contributed by atoms with van der Waals surface area (Å²) in [6.45, 7) is 5.39. The van der Waals surface area contributed by atoms with Crippen LogP contribution in [0.4, 0.5) is 4.39 Å². The average Bonchev–Trinajstić information content (AvgIpc) is 2.46. The molecule has 1 N–H and O–H groups in total. The van der Waals surface area contributed by atoms with Gasteiger partial charge in [-0.1, -0.05) is 13.3 Å². The molecule has 1 aromatic rings. The first kappa shape index (κ1) is 14.9. The number of rotatable bonds is 5. The number of carbonyl (C=O) groups is 1. The molecule has 1 aliphatic rings. The van der Waals surface area contributed by atoms with Gasteiger partial charge in [0.15, 0.2) is 0 Å². The number of nitrogens with one attached hydrogen (secondary N) is 1. The normalized spacial score (nSPS) is 17.1. The number of carbonyl (C=O) groups excluding carboxylic acids is 1. The molecule has 0 saturated carbocycles. The molecule has 0 aliphatic carbocycles. The predicted molar refractivity (Wildman–Crippen MR) is 76.0 cm³/mol. The molecule has 110 valence electrons. The summed E-state index contributed by atoms with van der Waals surface area (Å²) in [6.07, 6.45) is 5.68. The second kappa shape index (κ2) is 7.33. The monoisotopic (exact) mass is 279 g/mol. The molecule has 1 aliphatic heterocycles. The highest BCUT2D eigenvalue weighted by Gasteiger charge is 2.20. The van der Waals surface area contributed by atoms with Crippen LogP contribution in [0, 0.1) is 5.95 Å². The molecular weight excluding hydrogens is 257 g/mol. The van der Waals surface area contributed by atoms with E-state index in [9.17, 15) is 9.18 Å². The number of likely N-dealkylation sites (tertiary alicyclic amines) is 1. The first-order valence-corrected chi connectivity index (χ1v) is 7.34. The van der Waals surface area contributed by atoms with Gasteiger partial charge in [-0.15, -0.1) is 0 Å². The van der Waals surface area contributed by atoms with Crippen LogP contribution >= 0.6 is 0 Å². The van der Waals surface area contributed by atoms with Gasteiger partial charge in [0.1, 0.15) is 0 Å². The lowest BCUT2D eigenvalue weighted by molar-refractivity contribution is 0.0910. The van der Waals surface area contributed by atoms with Gasteiger partial charge in [0.25, 0.3) is 5.91 Å². The fourth-order valence-electron chi connectivity index (χ4n) is 2.50. The van der Waals surface area contributed by atoms with E-state index in [2.05, 4.69) is 22.1 Å². The number of piperidine rings is 1. The summed E-state index contributed by atoms with van der Waals surface area (Å²) < 4.78 is 13.0. The molecule has 2 heterocycles. The highest BCUT2D eigenvalue weighted by Crippen LogP contribution is 2.12. The molecule has 2 rings (SSSR count). The van der Waals surface area contributed by atoms with Crippen LogP contribution < -0.4 is 5.32 Å². The Morgan fingerprint density at radius 2 is 2.25 bits per heavy atom. The minimum absolute atomic E-state index is 0.191. The minimum atomic E-state index is -0.618. The molecule has 0 spiro atoms. The zero-order valence-corrected chi connectivity index (χ0v) is 11.9. The van der Waals surface area contributed by atoms with Crippen LogP contribution in [-0.4, -0.2) is 41.5 Å². The first-order chi connectivity index (χ1) is 9.69. The van der Waals surface area contributed by atoms with Gasteiger partial charge in [0.05, 0.1) is 0 Å². The molecule has 0 radical (unpaired) electrons. The van der Waals surface area contributed by atoms with E-state index in [1.54, 1.807) is 0 Å². The number of unbranched alkanes of at least 4 members (excludes halogenated alkanes) is 1. The standard InChI is InChI=1S/C15H22FN3O/c1-2-3-8-19-9-5-13(6-10-19)18-15(20)12-4-7-17-14(16)11-12/h4,7,11,13H,2-3,5-6,8-10H2,1H3,(H,18,20). The van der Waals surface area contributed by atoms with Gasteiger partial charge in [-0.05, 0) is 31.9 Å². The quantitative estimate of drug-likeness (QED) is 0.841. The van der Waals surface area contributed by atoms with E-state index < -0.39 is 5.95 Å². The van der Waals surface area contributed by atoms with Gasteiger partial charge in [0, 0.05) is 37.0 Å². The summed E-state index contributed by atoms with van der Waals surface area (Å²) in [6, 6.07) is 2.90. The number of hydrogen-bond donors (Lipinski definition) is 1. The van der Waals surface area contributed by atoms with Crippen LogP contribution in [0.3, 0.4) is 0 Å². The lowest BCUT2D eigenvalue weighted by Crippen LogP contribution is -2.44. The summed E-state index contributed by atoms with van der Waals surface area (Å²) in [5, 5.41) is 2.98. The highest BCUT2D eigenvalue weighted by molar-refractivity contribution is 5.94. The Morgan fingerprint density at radius 1 is 1.50 bits per heavy atom. The molecule has 20 heavy (non-hydrogen) atoms. The SMILES string of the molecule is CCCCN1CCC(NC(=O)c2ccnc(F)c2)CC1. The van der Waals surface area contributed by atoms with Crippen molar-refractivity contribution in [2.75, 3.05) is 19.6 Å². The third-order valence-electron chi connectivity index (χ3n) is 3.74. The van der Waals surface area contributed by atoms with Crippen molar-refractivity contribution in [3.63, 3.8) is 0 Å². The summed E-state index contributed by atoms with van der Waals surface area (Å²) in [5.41, 5.74) is 0.339. The molecule has 1 saturated heterocycles. The number of amides is 1. The highest BCUT2D eigenvalue weighted by atomic mass is 19.1. The Morgan fingerprint density at radius 3 is 2.90 bits per heavy atom. The van der Waals surface area contributed by atoms with E-state index in [1.165, 1.54) is 31.2 Å². The number of pyridine rings is 1. The summed E-state index contributed by atoms with van der Waals surface area (Å²) in [5.74, 6) is -0.828. The Hall–Kier alpha value is -1.49. The van der Waals surface area contributed by atoms with Gasteiger partial charge < -0.3 is 10.2 Å². The lowest BCUT2D eigenvalue weighted by Gasteiger charge is -2.32. The minimum Gasteiger partial charge on any atom is -0.349 e. The zero-order chi connectivity index (χ0) is 14.4.